The number of fused-ring (bicyclic) bond motifs is 1. The average Bonchev–Trinajstić information content (AvgIpc) is 3.19. The van der Waals surface area contributed by atoms with Gasteiger partial charge in [-0.1, -0.05) is 28.1 Å². The number of carbonyl (C=O) groups excluding carboxylic acids is 1. The van der Waals surface area contributed by atoms with Crippen molar-refractivity contribution in [3.63, 3.8) is 0 Å². The van der Waals surface area contributed by atoms with Crippen molar-refractivity contribution in [1.29, 1.82) is 0 Å². The SMILES string of the molecule is COc1cc(C2CC(=O)Nc3n[nH]cc32)ccc1COc1ccc(Br)cc1C(F)(F)F. The van der Waals surface area contributed by atoms with Crippen LogP contribution in [0.15, 0.2) is 47.1 Å². The molecule has 2 aromatic carbocycles. The minimum Gasteiger partial charge on any atom is -0.496 e. The molecule has 1 atom stereocenters. The lowest BCUT2D eigenvalue weighted by atomic mass is 9.87. The first-order chi connectivity index (χ1) is 14.8. The quantitative estimate of drug-likeness (QED) is 0.506. The van der Waals surface area contributed by atoms with Gasteiger partial charge < -0.3 is 14.8 Å². The van der Waals surface area contributed by atoms with Gasteiger partial charge in [0.15, 0.2) is 5.82 Å². The van der Waals surface area contributed by atoms with Crippen LogP contribution in [0.25, 0.3) is 0 Å². The minimum absolute atomic E-state index is 0.115. The zero-order valence-corrected chi connectivity index (χ0v) is 17.8. The van der Waals surface area contributed by atoms with Crippen molar-refractivity contribution in [2.45, 2.75) is 25.1 Å². The number of alkyl halides is 3. The predicted molar refractivity (Wildman–Crippen MR) is 110 cm³/mol. The van der Waals surface area contributed by atoms with Gasteiger partial charge in [0.05, 0.1) is 12.7 Å². The third-order valence-electron chi connectivity index (χ3n) is 5.04. The highest BCUT2D eigenvalue weighted by molar-refractivity contribution is 9.10. The molecule has 0 saturated heterocycles. The first-order valence-electron chi connectivity index (χ1n) is 9.26. The number of nitrogens with one attached hydrogen (secondary N) is 2. The third-order valence-corrected chi connectivity index (χ3v) is 5.53. The minimum atomic E-state index is -4.54. The number of anilines is 1. The monoisotopic (exact) mass is 495 g/mol. The van der Waals surface area contributed by atoms with E-state index in [1.165, 1.54) is 19.2 Å². The molecule has 4 rings (SSSR count). The summed E-state index contributed by atoms with van der Waals surface area (Å²) in [7, 11) is 1.47. The van der Waals surface area contributed by atoms with E-state index in [0.29, 0.717) is 21.6 Å². The van der Waals surface area contributed by atoms with E-state index < -0.39 is 11.7 Å². The van der Waals surface area contributed by atoms with E-state index in [2.05, 4.69) is 31.4 Å². The van der Waals surface area contributed by atoms with Gasteiger partial charge in [-0.3, -0.25) is 9.89 Å². The second-order valence-corrected chi connectivity index (χ2v) is 7.91. The maximum absolute atomic E-state index is 13.3. The van der Waals surface area contributed by atoms with Gasteiger partial charge >= 0.3 is 6.18 Å². The fourth-order valence-electron chi connectivity index (χ4n) is 3.54. The summed E-state index contributed by atoms with van der Waals surface area (Å²) in [5, 5.41) is 9.50. The van der Waals surface area contributed by atoms with Crippen molar-refractivity contribution in [1.82, 2.24) is 10.2 Å². The van der Waals surface area contributed by atoms with Gasteiger partial charge in [-0.2, -0.15) is 18.3 Å². The molecule has 162 valence electrons. The average molecular weight is 496 g/mol. The number of benzene rings is 2. The molecule has 0 bridgehead atoms. The Hall–Kier alpha value is -3.01. The topological polar surface area (TPSA) is 76.2 Å². The number of ether oxygens (including phenoxy) is 2. The molecule has 2 N–H and O–H groups in total. The number of hydrogen-bond donors (Lipinski definition) is 2. The Morgan fingerprint density at radius 2 is 2.00 bits per heavy atom. The van der Waals surface area contributed by atoms with Crippen molar-refractivity contribution >= 4 is 27.7 Å². The number of hydrogen-bond acceptors (Lipinski definition) is 4. The molecule has 0 radical (unpaired) electrons. The second-order valence-electron chi connectivity index (χ2n) is 6.99. The molecule has 1 aliphatic rings. The van der Waals surface area contributed by atoms with Gasteiger partial charge in [0.1, 0.15) is 18.1 Å². The first kappa shape index (κ1) is 21.2. The first-order valence-corrected chi connectivity index (χ1v) is 10.1. The van der Waals surface area contributed by atoms with E-state index in [1.807, 2.05) is 6.07 Å². The van der Waals surface area contributed by atoms with Gasteiger partial charge in [0.2, 0.25) is 5.91 Å². The fourth-order valence-corrected chi connectivity index (χ4v) is 3.90. The smallest absolute Gasteiger partial charge is 0.420 e. The van der Waals surface area contributed by atoms with Crippen LogP contribution < -0.4 is 14.8 Å². The van der Waals surface area contributed by atoms with Crippen LogP contribution in [0, 0.1) is 0 Å². The summed E-state index contributed by atoms with van der Waals surface area (Å²) in [5.74, 6) is 0.316. The molecule has 2 heterocycles. The Morgan fingerprint density at radius 1 is 1.19 bits per heavy atom. The van der Waals surface area contributed by atoms with Crippen LogP contribution in [0.1, 0.15) is 34.6 Å². The number of rotatable bonds is 5. The van der Waals surface area contributed by atoms with Crippen molar-refractivity contribution < 1.29 is 27.4 Å². The number of H-pyrrole nitrogens is 1. The molecule has 0 fully saturated rings. The zero-order chi connectivity index (χ0) is 22.2. The molecular weight excluding hydrogens is 479 g/mol. The highest BCUT2D eigenvalue weighted by atomic mass is 79.9. The summed E-state index contributed by atoms with van der Waals surface area (Å²) in [6.45, 7) is -0.115. The Bertz CT molecular complexity index is 1130. The highest BCUT2D eigenvalue weighted by Crippen LogP contribution is 2.40. The van der Waals surface area contributed by atoms with Crippen molar-refractivity contribution in [3.8, 4) is 11.5 Å². The van der Waals surface area contributed by atoms with E-state index in [-0.39, 0.29) is 30.6 Å². The lowest BCUT2D eigenvalue weighted by molar-refractivity contribution is -0.139. The lowest BCUT2D eigenvalue weighted by Gasteiger charge is -2.23. The van der Waals surface area contributed by atoms with E-state index in [0.717, 1.165) is 17.2 Å². The summed E-state index contributed by atoms with van der Waals surface area (Å²) < 4.78 is 51.2. The van der Waals surface area contributed by atoms with Crippen molar-refractivity contribution in [2.24, 2.45) is 0 Å². The predicted octanol–water partition coefficient (Wildman–Crippen LogP) is 5.25. The fraction of sp³-hybridized carbons (Fsp3) is 0.238. The third kappa shape index (κ3) is 4.39. The number of halogens is 4. The molecule has 10 heteroatoms. The number of methoxy groups -OCH3 is 1. The molecule has 3 aromatic rings. The Labute approximate surface area is 183 Å². The second kappa shape index (κ2) is 8.26. The Balaban J connectivity index is 1.59. The molecule has 1 aliphatic heterocycles. The van der Waals surface area contributed by atoms with Crippen LogP contribution in [-0.4, -0.2) is 23.2 Å². The highest BCUT2D eigenvalue weighted by Gasteiger charge is 2.35. The Kier molecular flexibility index (Phi) is 5.65. The van der Waals surface area contributed by atoms with Crippen LogP contribution in [0.3, 0.4) is 0 Å². The van der Waals surface area contributed by atoms with E-state index in [4.69, 9.17) is 9.47 Å². The van der Waals surface area contributed by atoms with Crippen LogP contribution in [0.2, 0.25) is 0 Å². The molecule has 31 heavy (non-hydrogen) atoms. The van der Waals surface area contributed by atoms with Crippen LogP contribution in [0.5, 0.6) is 11.5 Å². The van der Waals surface area contributed by atoms with Crippen LogP contribution in [0.4, 0.5) is 19.0 Å². The van der Waals surface area contributed by atoms with Crippen LogP contribution >= 0.6 is 15.9 Å². The lowest BCUT2D eigenvalue weighted by Crippen LogP contribution is -2.23. The summed E-state index contributed by atoms with van der Waals surface area (Å²) in [4.78, 5) is 12.0. The molecule has 1 aromatic heterocycles. The summed E-state index contributed by atoms with van der Waals surface area (Å²) in [6, 6.07) is 9.05. The molecular formula is C21H17BrF3N3O3. The maximum atomic E-state index is 13.3. The van der Waals surface area contributed by atoms with Gasteiger partial charge in [0, 0.05) is 34.1 Å². The van der Waals surface area contributed by atoms with E-state index in [1.54, 1.807) is 18.3 Å². The Morgan fingerprint density at radius 3 is 2.74 bits per heavy atom. The maximum Gasteiger partial charge on any atom is 0.420 e. The molecule has 6 nitrogen and oxygen atoms in total. The largest absolute Gasteiger partial charge is 0.496 e. The summed E-state index contributed by atoms with van der Waals surface area (Å²) >= 11 is 3.06. The van der Waals surface area contributed by atoms with Crippen LogP contribution in [-0.2, 0) is 17.6 Å². The number of amides is 1. The van der Waals surface area contributed by atoms with Gasteiger partial charge in [0.25, 0.3) is 0 Å². The standard InChI is InChI=1S/C21H17BrF3N3O3/c1-30-18-6-11(14-8-19(29)27-20-15(14)9-26-28-20)2-3-12(18)10-31-17-5-4-13(22)7-16(17)21(23,24)25/h2-7,9,14H,8,10H2,1H3,(H2,26,27,28,29). The number of carbonyl (C=O) groups is 1. The van der Waals surface area contributed by atoms with E-state index in [9.17, 15) is 18.0 Å². The molecule has 0 saturated carbocycles. The van der Waals surface area contributed by atoms with E-state index >= 15 is 0 Å². The molecule has 1 unspecified atom stereocenters. The molecule has 0 aliphatic carbocycles. The van der Waals surface area contributed by atoms with Crippen molar-refractivity contribution in [2.75, 3.05) is 12.4 Å². The van der Waals surface area contributed by atoms with Gasteiger partial charge in [-0.25, -0.2) is 0 Å². The zero-order valence-electron chi connectivity index (χ0n) is 16.2. The summed E-state index contributed by atoms with van der Waals surface area (Å²) in [6.07, 6.45) is -2.56. The number of nitrogens with zero attached hydrogens (tertiary/aromatic N) is 1. The number of aromatic nitrogens is 2. The summed E-state index contributed by atoms with van der Waals surface area (Å²) in [5.41, 5.74) is 1.40. The van der Waals surface area contributed by atoms with Crippen molar-refractivity contribution in [3.05, 3.63) is 69.3 Å². The normalized spacial score (nSPS) is 15.9. The number of aromatic amines is 1. The van der Waals surface area contributed by atoms with Gasteiger partial charge in [-0.05, 0) is 29.8 Å². The molecule has 1 amide bonds. The van der Waals surface area contributed by atoms with Gasteiger partial charge in [-0.15, -0.1) is 0 Å². The molecule has 0 spiro atoms.